The number of benzene rings is 2. The molecule has 0 radical (unpaired) electrons. The van der Waals surface area contributed by atoms with Crippen LogP contribution < -0.4 is 10.9 Å². The lowest BCUT2D eigenvalue weighted by Crippen LogP contribution is -2.28. The average molecular weight is 433 g/mol. The number of tetrazole rings is 1. The number of carbonyl (C=O) groups is 2. The fraction of sp³-hybridized carbons (Fsp3) is 0.0500. The molecule has 0 saturated carbocycles. The van der Waals surface area contributed by atoms with Crippen LogP contribution in [0.4, 0.5) is 0 Å². The lowest BCUT2D eigenvalue weighted by atomic mass is 10.2. The van der Waals surface area contributed by atoms with Gasteiger partial charge in [0.25, 0.3) is 17.4 Å². The Balaban J connectivity index is 1.61. The number of carboxylic acids is 1. The Morgan fingerprint density at radius 1 is 1.03 bits per heavy atom. The van der Waals surface area contributed by atoms with Gasteiger partial charge in [-0.3, -0.25) is 9.59 Å². The maximum atomic E-state index is 12.5. The fourth-order valence-electron chi connectivity index (χ4n) is 2.80. The molecule has 0 spiro atoms. The summed E-state index contributed by atoms with van der Waals surface area (Å²) in [5.74, 6) is -2.83. The summed E-state index contributed by atoms with van der Waals surface area (Å²) >= 11 is 0. The highest BCUT2D eigenvalue weighted by atomic mass is 16.4. The standard InChI is InChI=1S/C20H15N7O5/c28-15-11-21-16(17(29)22-10-12-4-2-1-3-5-12)18(30)26(15)20-23-25-27(24-20)14-8-6-13(7-9-14)19(31)32/h1-9,11,30H,10H2,(H,22,29)(H,31,32). The van der Waals surface area contributed by atoms with Crippen LogP contribution in [0.2, 0.25) is 0 Å². The molecule has 1 amide bonds. The molecule has 0 atom stereocenters. The van der Waals surface area contributed by atoms with Crippen molar-refractivity contribution in [2.24, 2.45) is 0 Å². The van der Waals surface area contributed by atoms with Crippen LogP contribution in [0.1, 0.15) is 26.4 Å². The summed E-state index contributed by atoms with van der Waals surface area (Å²) in [6, 6.07) is 14.7. The summed E-state index contributed by atoms with van der Waals surface area (Å²) in [6.07, 6.45) is 0.861. The van der Waals surface area contributed by atoms with Crippen molar-refractivity contribution in [2.45, 2.75) is 6.54 Å². The Hall–Kier alpha value is -4.87. The van der Waals surface area contributed by atoms with E-state index in [-0.39, 0.29) is 23.8 Å². The maximum absolute atomic E-state index is 12.5. The zero-order valence-electron chi connectivity index (χ0n) is 16.3. The molecule has 2 heterocycles. The van der Waals surface area contributed by atoms with Gasteiger partial charge in [-0.25, -0.2) is 14.3 Å². The minimum atomic E-state index is -1.09. The number of nitrogens with one attached hydrogen (secondary N) is 1. The highest BCUT2D eigenvalue weighted by Gasteiger charge is 2.21. The SMILES string of the molecule is O=C(O)c1ccc(-n2nnc(-n3c(O)c(C(=O)NCc4ccccc4)ncc3=O)n2)cc1. The number of aromatic hydroxyl groups is 1. The van der Waals surface area contributed by atoms with Gasteiger partial charge in [-0.15, -0.1) is 9.90 Å². The first-order valence-electron chi connectivity index (χ1n) is 9.21. The van der Waals surface area contributed by atoms with Crippen molar-refractivity contribution in [3.05, 3.63) is 88.0 Å². The molecule has 12 heteroatoms. The normalized spacial score (nSPS) is 10.6. The summed E-state index contributed by atoms with van der Waals surface area (Å²) in [6.45, 7) is 0.195. The van der Waals surface area contributed by atoms with E-state index < -0.39 is 23.3 Å². The molecule has 32 heavy (non-hydrogen) atoms. The molecule has 2 aromatic carbocycles. The fourth-order valence-corrected chi connectivity index (χ4v) is 2.80. The molecule has 2 aromatic heterocycles. The van der Waals surface area contributed by atoms with Crippen molar-refractivity contribution in [2.75, 3.05) is 0 Å². The van der Waals surface area contributed by atoms with E-state index >= 15 is 0 Å². The molecule has 0 aliphatic rings. The van der Waals surface area contributed by atoms with Gasteiger partial charge in [-0.2, -0.15) is 0 Å². The molecular weight excluding hydrogens is 418 g/mol. The van der Waals surface area contributed by atoms with Crippen LogP contribution in [-0.2, 0) is 6.54 Å². The highest BCUT2D eigenvalue weighted by Crippen LogP contribution is 2.15. The molecule has 0 aliphatic heterocycles. The third kappa shape index (κ3) is 4.05. The van der Waals surface area contributed by atoms with Crippen molar-refractivity contribution in [1.82, 2.24) is 35.1 Å². The molecule has 4 aromatic rings. The van der Waals surface area contributed by atoms with Gasteiger partial charge in [0.15, 0.2) is 5.69 Å². The first-order valence-corrected chi connectivity index (χ1v) is 9.21. The number of aromatic carboxylic acids is 1. The van der Waals surface area contributed by atoms with E-state index in [1.807, 2.05) is 30.3 Å². The molecule has 0 unspecified atom stereocenters. The molecule has 0 aliphatic carbocycles. The van der Waals surface area contributed by atoms with Crippen molar-refractivity contribution in [3.8, 4) is 17.5 Å². The van der Waals surface area contributed by atoms with Crippen LogP contribution in [0.25, 0.3) is 11.6 Å². The van der Waals surface area contributed by atoms with Gasteiger partial charge < -0.3 is 15.5 Å². The molecule has 12 nitrogen and oxygen atoms in total. The lowest BCUT2D eigenvalue weighted by Gasteiger charge is -2.09. The number of carbonyl (C=O) groups excluding carboxylic acids is 1. The first-order chi connectivity index (χ1) is 15.4. The summed E-state index contributed by atoms with van der Waals surface area (Å²) in [5, 5.41) is 33.7. The van der Waals surface area contributed by atoms with E-state index in [2.05, 4.69) is 25.7 Å². The average Bonchev–Trinajstić information content (AvgIpc) is 3.28. The minimum Gasteiger partial charge on any atom is -0.492 e. The van der Waals surface area contributed by atoms with Crippen LogP contribution in [0.15, 0.2) is 65.6 Å². The predicted molar refractivity (Wildman–Crippen MR) is 109 cm³/mol. The van der Waals surface area contributed by atoms with Gasteiger partial charge in [0.2, 0.25) is 5.88 Å². The number of amides is 1. The largest absolute Gasteiger partial charge is 0.492 e. The summed E-state index contributed by atoms with van der Waals surface area (Å²) < 4.78 is 0.694. The Morgan fingerprint density at radius 2 is 1.75 bits per heavy atom. The van der Waals surface area contributed by atoms with Crippen molar-refractivity contribution < 1.29 is 19.8 Å². The Kier molecular flexibility index (Phi) is 5.40. The predicted octanol–water partition coefficient (Wildman–Crippen LogP) is 0.542. The number of aromatic nitrogens is 6. The zero-order chi connectivity index (χ0) is 22.7. The molecule has 0 bridgehead atoms. The summed E-state index contributed by atoms with van der Waals surface area (Å²) in [5.41, 5.74) is 0.122. The van der Waals surface area contributed by atoms with E-state index in [1.54, 1.807) is 0 Å². The first kappa shape index (κ1) is 20.4. The third-order valence-electron chi connectivity index (χ3n) is 4.41. The minimum absolute atomic E-state index is 0.0724. The number of rotatable bonds is 6. The Bertz CT molecular complexity index is 1350. The molecular formula is C20H15N7O5. The topological polar surface area (TPSA) is 165 Å². The second-order valence-electron chi connectivity index (χ2n) is 6.50. The summed E-state index contributed by atoms with van der Waals surface area (Å²) in [7, 11) is 0. The van der Waals surface area contributed by atoms with Gasteiger partial charge in [0, 0.05) is 6.54 Å². The Morgan fingerprint density at radius 3 is 2.44 bits per heavy atom. The van der Waals surface area contributed by atoms with E-state index in [1.165, 1.54) is 24.3 Å². The maximum Gasteiger partial charge on any atom is 0.335 e. The monoisotopic (exact) mass is 433 g/mol. The molecule has 3 N–H and O–H groups in total. The molecule has 0 fully saturated rings. The van der Waals surface area contributed by atoms with Crippen LogP contribution in [0.3, 0.4) is 0 Å². The molecule has 0 saturated heterocycles. The van der Waals surface area contributed by atoms with Gasteiger partial charge in [-0.05, 0) is 35.0 Å². The second kappa shape index (κ2) is 8.47. The van der Waals surface area contributed by atoms with E-state index in [4.69, 9.17) is 5.11 Å². The highest BCUT2D eigenvalue weighted by molar-refractivity contribution is 5.94. The van der Waals surface area contributed by atoms with Gasteiger partial charge >= 0.3 is 5.97 Å². The molecule has 160 valence electrons. The van der Waals surface area contributed by atoms with E-state index in [0.29, 0.717) is 10.3 Å². The van der Waals surface area contributed by atoms with Crippen LogP contribution in [0, 0.1) is 0 Å². The van der Waals surface area contributed by atoms with Crippen molar-refractivity contribution in [1.29, 1.82) is 0 Å². The smallest absolute Gasteiger partial charge is 0.335 e. The summed E-state index contributed by atoms with van der Waals surface area (Å²) in [4.78, 5) is 40.5. The van der Waals surface area contributed by atoms with Crippen molar-refractivity contribution in [3.63, 3.8) is 0 Å². The Labute approximate surface area is 179 Å². The third-order valence-corrected chi connectivity index (χ3v) is 4.41. The second-order valence-corrected chi connectivity index (χ2v) is 6.50. The number of hydrogen-bond acceptors (Lipinski definition) is 8. The van der Waals surface area contributed by atoms with Crippen LogP contribution in [-0.4, -0.2) is 51.8 Å². The molecule has 4 rings (SSSR count). The van der Waals surface area contributed by atoms with E-state index in [9.17, 15) is 19.5 Å². The quantitative estimate of drug-likeness (QED) is 0.393. The van der Waals surface area contributed by atoms with E-state index in [0.717, 1.165) is 16.6 Å². The van der Waals surface area contributed by atoms with Gasteiger partial charge in [-0.1, -0.05) is 35.4 Å². The van der Waals surface area contributed by atoms with Crippen LogP contribution >= 0.6 is 0 Å². The van der Waals surface area contributed by atoms with Crippen molar-refractivity contribution >= 4 is 11.9 Å². The van der Waals surface area contributed by atoms with Gasteiger partial charge in [0.1, 0.15) is 0 Å². The number of carboxylic acid groups (broad SMARTS) is 1. The lowest BCUT2D eigenvalue weighted by molar-refractivity contribution is 0.0696. The van der Waals surface area contributed by atoms with Gasteiger partial charge in [0.05, 0.1) is 17.4 Å². The number of hydrogen-bond donors (Lipinski definition) is 3. The number of nitrogens with zero attached hydrogens (tertiary/aromatic N) is 6. The zero-order valence-corrected chi connectivity index (χ0v) is 16.3. The van der Waals surface area contributed by atoms with Crippen LogP contribution in [0.5, 0.6) is 5.88 Å².